The van der Waals surface area contributed by atoms with Gasteiger partial charge in [0, 0.05) is 19.5 Å². The Kier molecular flexibility index (Phi) is 6.48. The van der Waals surface area contributed by atoms with Crippen LogP contribution in [-0.2, 0) is 14.4 Å². The Hall–Kier alpha value is -1.59. The molecule has 0 aromatic carbocycles. The van der Waals surface area contributed by atoms with E-state index in [4.69, 9.17) is 5.11 Å². The lowest BCUT2D eigenvalue weighted by molar-refractivity contribution is -0.146. The van der Waals surface area contributed by atoms with E-state index in [0.29, 0.717) is 32.2 Å². The highest BCUT2D eigenvalue weighted by Gasteiger charge is 2.32. The summed E-state index contributed by atoms with van der Waals surface area (Å²) in [5.74, 6) is -1.42. The normalized spacial score (nSPS) is 22.1. The number of carbonyl (C=O) groups is 3. The molecule has 0 aliphatic heterocycles. The fraction of sp³-hybridized carbons (Fsp3) is 0.786. The van der Waals surface area contributed by atoms with Crippen molar-refractivity contribution in [1.29, 1.82) is 0 Å². The minimum absolute atomic E-state index is 0.0145. The number of carboxylic acid groups (broad SMARTS) is 1. The lowest BCUT2D eigenvalue weighted by Gasteiger charge is -2.30. The number of hydrogen-bond acceptors (Lipinski definition) is 3. The summed E-state index contributed by atoms with van der Waals surface area (Å²) in [7, 11) is 1.55. The number of rotatable bonds is 6. The zero-order valence-corrected chi connectivity index (χ0v) is 12.2. The molecular formula is C14H24N2O4. The maximum atomic E-state index is 12.4. The van der Waals surface area contributed by atoms with Gasteiger partial charge in [-0.05, 0) is 32.1 Å². The monoisotopic (exact) mass is 284 g/mol. The van der Waals surface area contributed by atoms with E-state index in [1.165, 1.54) is 0 Å². The van der Waals surface area contributed by atoms with Gasteiger partial charge in [-0.15, -0.1) is 0 Å². The molecule has 0 bridgehead atoms. The second-order valence-electron chi connectivity index (χ2n) is 5.32. The van der Waals surface area contributed by atoms with Crippen LogP contribution in [0.1, 0.15) is 39.0 Å². The molecule has 1 aliphatic rings. The molecule has 0 unspecified atom stereocenters. The van der Waals surface area contributed by atoms with Crippen LogP contribution < -0.4 is 5.32 Å². The van der Waals surface area contributed by atoms with Gasteiger partial charge in [-0.3, -0.25) is 14.4 Å². The van der Waals surface area contributed by atoms with E-state index in [9.17, 15) is 14.4 Å². The molecule has 20 heavy (non-hydrogen) atoms. The molecule has 0 atom stereocenters. The van der Waals surface area contributed by atoms with Crippen LogP contribution in [0, 0.1) is 11.8 Å². The van der Waals surface area contributed by atoms with Crippen LogP contribution in [-0.4, -0.2) is 47.9 Å². The quantitative estimate of drug-likeness (QED) is 0.757. The van der Waals surface area contributed by atoms with Gasteiger partial charge in [-0.25, -0.2) is 0 Å². The number of hydrogen-bond donors (Lipinski definition) is 2. The van der Waals surface area contributed by atoms with E-state index in [1.54, 1.807) is 11.9 Å². The van der Waals surface area contributed by atoms with Crippen molar-refractivity contribution in [2.45, 2.75) is 39.0 Å². The Balaban J connectivity index is 2.57. The fourth-order valence-corrected chi connectivity index (χ4v) is 2.64. The first-order chi connectivity index (χ1) is 9.49. The molecule has 1 rings (SSSR count). The number of amides is 2. The van der Waals surface area contributed by atoms with Gasteiger partial charge in [-0.2, -0.15) is 0 Å². The summed E-state index contributed by atoms with van der Waals surface area (Å²) in [5.41, 5.74) is 0. The van der Waals surface area contributed by atoms with Crippen LogP contribution in [0.15, 0.2) is 0 Å². The van der Waals surface area contributed by atoms with Crippen molar-refractivity contribution in [3.8, 4) is 0 Å². The van der Waals surface area contributed by atoms with E-state index in [0.717, 1.165) is 6.42 Å². The van der Waals surface area contributed by atoms with Gasteiger partial charge in [-0.1, -0.05) is 6.92 Å². The summed E-state index contributed by atoms with van der Waals surface area (Å²) in [6, 6.07) is 0. The third-order valence-electron chi connectivity index (χ3n) is 3.84. The first-order valence-corrected chi connectivity index (χ1v) is 7.21. The van der Waals surface area contributed by atoms with E-state index in [2.05, 4.69) is 5.32 Å². The van der Waals surface area contributed by atoms with Crippen molar-refractivity contribution in [1.82, 2.24) is 10.2 Å². The summed E-state index contributed by atoms with van der Waals surface area (Å²) in [6.07, 6.45) is 3.10. The van der Waals surface area contributed by atoms with E-state index in [-0.39, 0.29) is 30.2 Å². The van der Waals surface area contributed by atoms with Crippen molar-refractivity contribution in [3.63, 3.8) is 0 Å². The summed E-state index contributed by atoms with van der Waals surface area (Å²) >= 11 is 0. The molecular weight excluding hydrogens is 260 g/mol. The summed E-state index contributed by atoms with van der Waals surface area (Å²) in [4.78, 5) is 36.3. The van der Waals surface area contributed by atoms with Gasteiger partial charge >= 0.3 is 5.97 Å². The van der Waals surface area contributed by atoms with Crippen LogP contribution in [0.2, 0.25) is 0 Å². The molecule has 0 heterocycles. The zero-order valence-electron chi connectivity index (χ0n) is 12.2. The van der Waals surface area contributed by atoms with Gasteiger partial charge in [0.25, 0.3) is 0 Å². The molecule has 0 aromatic heterocycles. The third kappa shape index (κ3) is 4.51. The molecule has 114 valence electrons. The van der Waals surface area contributed by atoms with E-state index < -0.39 is 5.97 Å². The van der Waals surface area contributed by atoms with Crippen LogP contribution in [0.25, 0.3) is 0 Å². The van der Waals surface area contributed by atoms with Gasteiger partial charge < -0.3 is 15.3 Å². The van der Waals surface area contributed by atoms with Crippen molar-refractivity contribution in [2.24, 2.45) is 11.8 Å². The predicted octanol–water partition coefficient (Wildman–Crippen LogP) is 0.862. The van der Waals surface area contributed by atoms with Gasteiger partial charge in [0.1, 0.15) is 0 Å². The molecule has 2 amide bonds. The molecule has 6 nitrogen and oxygen atoms in total. The zero-order chi connectivity index (χ0) is 15.1. The fourth-order valence-electron chi connectivity index (χ4n) is 2.64. The van der Waals surface area contributed by atoms with E-state index in [1.807, 2.05) is 6.92 Å². The van der Waals surface area contributed by atoms with Crippen molar-refractivity contribution in [2.75, 3.05) is 20.1 Å². The highest BCUT2D eigenvalue weighted by molar-refractivity contribution is 5.86. The molecule has 1 fully saturated rings. The summed E-state index contributed by atoms with van der Waals surface area (Å²) in [5, 5.41) is 11.5. The Morgan fingerprint density at radius 1 is 1.15 bits per heavy atom. The minimum atomic E-state index is -0.772. The first kappa shape index (κ1) is 16.5. The number of likely N-dealkylation sites (N-methyl/N-ethyl adjacent to an activating group) is 1. The second-order valence-corrected chi connectivity index (χ2v) is 5.32. The van der Waals surface area contributed by atoms with Crippen LogP contribution >= 0.6 is 0 Å². The average molecular weight is 284 g/mol. The summed E-state index contributed by atoms with van der Waals surface area (Å²) < 4.78 is 0. The highest BCUT2D eigenvalue weighted by atomic mass is 16.4. The smallest absolute Gasteiger partial charge is 0.306 e. The first-order valence-electron chi connectivity index (χ1n) is 7.21. The molecule has 0 radical (unpaired) electrons. The van der Waals surface area contributed by atoms with Crippen LogP contribution in [0.5, 0.6) is 0 Å². The molecule has 0 aromatic rings. The molecule has 2 N–H and O–H groups in total. The van der Waals surface area contributed by atoms with Gasteiger partial charge in [0.15, 0.2) is 0 Å². The van der Waals surface area contributed by atoms with Gasteiger partial charge in [0.05, 0.1) is 12.5 Å². The SMILES string of the molecule is CCCN(CC(=O)NC)C(=O)C1CCC(C(=O)O)CC1. The molecule has 1 aliphatic carbocycles. The van der Waals surface area contributed by atoms with Gasteiger partial charge in [0.2, 0.25) is 11.8 Å². The number of nitrogens with zero attached hydrogens (tertiary/aromatic N) is 1. The standard InChI is InChI=1S/C14H24N2O4/c1-3-8-16(9-12(17)15-2)13(18)10-4-6-11(7-5-10)14(19)20/h10-11H,3-9H2,1-2H3,(H,15,17)(H,19,20). The highest BCUT2D eigenvalue weighted by Crippen LogP contribution is 2.30. The predicted molar refractivity (Wildman–Crippen MR) is 74.0 cm³/mol. The topological polar surface area (TPSA) is 86.7 Å². The number of carboxylic acids is 1. The average Bonchev–Trinajstić information content (AvgIpc) is 2.46. The number of nitrogens with one attached hydrogen (secondary N) is 1. The Morgan fingerprint density at radius 2 is 1.70 bits per heavy atom. The largest absolute Gasteiger partial charge is 0.481 e. The van der Waals surface area contributed by atoms with Crippen molar-refractivity contribution in [3.05, 3.63) is 0 Å². The molecule has 0 saturated heterocycles. The third-order valence-corrected chi connectivity index (χ3v) is 3.84. The van der Waals surface area contributed by atoms with Crippen LogP contribution in [0.4, 0.5) is 0 Å². The number of carbonyl (C=O) groups excluding carboxylic acids is 2. The second kappa shape index (κ2) is 7.87. The molecule has 6 heteroatoms. The van der Waals surface area contributed by atoms with E-state index >= 15 is 0 Å². The van der Waals surface area contributed by atoms with Crippen LogP contribution in [0.3, 0.4) is 0 Å². The Morgan fingerprint density at radius 3 is 2.15 bits per heavy atom. The minimum Gasteiger partial charge on any atom is -0.481 e. The molecule has 0 spiro atoms. The molecule has 1 saturated carbocycles. The Bertz CT molecular complexity index is 362. The Labute approximate surface area is 119 Å². The maximum Gasteiger partial charge on any atom is 0.306 e. The lowest BCUT2D eigenvalue weighted by atomic mass is 9.81. The van der Waals surface area contributed by atoms with Crippen molar-refractivity contribution < 1.29 is 19.5 Å². The maximum absolute atomic E-state index is 12.4. The number of aliphatic carboxylic acids is 1. The lowest BCUT2D eigenvalue weighted by Crippen LogP contribution is -2.44. The summed E-state index contributed by atoms with van der Waals surface area (Å²) in [6.45, 7) is 2.61. The van der Waals surface area contributed by atoms with Crippen molar-refractivity contribution >= 4 is 17.8 Å².